The van der Waals surface area contributed by atoms with Gasteiger partial charge in [-0.15, -0.1) is 4.90 Å². The summed E-state index contributed by atoms with van der Waals surface area (Å²) in [4.78, 5) is 24.2. The van der Waals surface area contributed by atoms with E-state index in [1.54, 1.807) is 0 Å². The van der Waals surface area contributed by atoms with E-state index in [2.05, 4.69) is 27.8 Å². The smallest absolute Gasteiger partial charge is 0.418 e. The molecule has 7 heteroatoms. The minimum Gasteiger partial charge on any atom is -0.418 e. The van der Waals surface area contributed by atoms with Gasteiger partial charge in [-0.2, -0.15) is 0 Å². The third kappa shape index (κ3) is 2.35. The van der Waals surface area contributed by atoms with Gasteiger partial charge in [-0.3, -0.25) is 0 Å². The average molecular weight is 264 g/mol. The molecular weight excluding hydrogens is 252 g/mol. The van der Waals surface area contributed by atoms with Gasteiger partial charge < -0.3 is 14.0 Å². The highest BCUT2D eigenvalue weighted by Crippen LogP contribution is 2.32. The second kappa shape index (κ2) is 5.38. The number of hydrogen-bond donors (Lipinski definition) is 0. The van der Waals surface area contributed by atoms with Crippen LogP contribution < -0.4 is 4.90 Å². The largest absolute Gasteiger partial charge is 0.431 e. The SMILES string of the molecule is C=COC(=O)N(C(=O)OC=C)c1onc2c1CCC2. The summed E-state index contributed by atoms with van der Waals surface area (Å²) in [6, 6.07) is 0. The van der Waals surface area contributed by atoms with Crippen molar-refractivity contribution in [2.24, 2.45) is 0 Å². The lowest BCUT2D eigenvalue weighted by molar-refractivity contribution is 0.172. The van der Waals surface area contributed by atoms with Gasteiger partial charge in [0.2, 0.25) is 5.88 Å². The summed E-state index contributed by atoms with van der Waals surface area (Å²) in [5.41, 5.74) is 1.44. The van der Waals surface area contributed by atoms with Crippen molar-refractivity contribution in [3.8, 4) is 0 Å². The maximum absolute atomic E-state index is 11.8. The van der Waals surface area contributed by atoms with Crippen LogP contribution in [0, 0.1) is 0 Å². The van der Waals surface area contributed by atoms with E-state index >= 15 is 0 Å². The molecule has 0 spiro atoms. The molecule has 0 radical (unpaired) electrons. The average Bonchev–Trinajstić information content (AvgIpc) is 2.94. The van der Waals surface area contributed by atoms with E-state index in [9.17, 15) is 9.59 Å². The Balaban J connectivity index is 2.35. The van der Waals surface area contributed by atoms with Crippen LogP contribution in [0.15, 0.2) is 30.2 Å². The number of aromatic nitrogens is 1. The molecule has 0 saturated heterocycles. The van der Waals surface area contributed by atoms with Crippen molar-refractivity contribution in [3.63, 3.8) is 0 Å². The van der Waals surface area contributed by atoms with Gasteiger partial charge >= 0.3 is 12.2 Å². The molecular formula is C12H12N2O5. The Morgan fingerprint density at radius 1 is 1.21 bits per heavy atom. The normalized spacial score (nSPS) is 12.4. The number of imide groups is 1. The zero-order valence-electron chi connectivity index (χ0n) is 10.1. The number of ether oxygens (including phenoxy) is 2. The van der Waals surface area contributed by atoms with Gasteiger partial charge in [0.1, 0.15) is 0 Å². The molecule has 0 N–H and O–H groups in total. The van der Waals surface area contributed by atoms with Crippen LogP contribution in [-0.2, 0) is 22.3 Å². The zero-order chi connectivity index (χ0) is 13.8. The fraction of sp³-hybridized carbons (Fsp3) is 0.250. The molecule has 0 aliphatic heterocycles. The molecule has 0 fully saturated rings. The highest BCUT2D eigenvalue weighted by atomic mass is 16.6. The molecule has 100 valence electrons. The minimum absolute atomic E-state index is 0.0196. The lowest BCUT2D eigenvalue weighted by Gasteiger charge is -2.15. The first kappa shape index (κ1) is 12.9. The van der Waals surface area contributed by atoms with Crippen molar-refractivity contribution in [1.29, 1.82) is 0 Å². The fourth-order valence-electron chi connectivity index (χ4n) is 1.88. The number of fused-ring (bicyclic) bond motifs is 1. The van der Waals surface area contributed by atoms with Crippen LogP contribution in [0.2, 0.25) is 0 Å². The number of aryl methyl sites for hydroxylation is 1. The van der Waals surface area contributed by atoms with E-state index in [-0.39, 0.29) is 5.88 Å². The van der Waals surface area contributed by atoms with Crippen LogP contribution in [0.5, 0.6) is 0 Å². The summed E-state index contributed by atoms with van der Waals surface area (Å²) in [5.74, 6) is 0.0196. The van der Waals surface area contributed by atoms with Gasteiger partial charge in [0, 0.05) is 5.56 Å². The van der Waals surface area contributed by atoms with Gasteiger partial charge in [-0.1, -0.05) is 18.3 Å². The third-order valence-corrected chi connectivity index (χ3v) is 2.63. The number of anilines is 1. The van der Waals surface area contributed by atoms with Crippen molar-refractivity contribution in [2.45, 2.75) is 19.3 Å². The first-order chi connectivity index (χ1) is 9.19. The van der Waals surface area contributed by atoms with E-state index in [1.165, 1.54) is 0 Å². The molecule has 1 aromatic rings. The molecule has 0 saturated carbocycles. The molecule has 2 rings (SSSR count). The number of carbonyl (C=O) groups excluding carboxylic acids is 2. The van der Waals surface area contributed by atoms with Crippen molar-refractivity contribution >= 4 is 18.1 Å². The molecule has 2 amide bonds. The Kier molecular flexibility index (Phi) is 3.65. The van der Waals surface area contributed by atoms with Crippen LogP contribution in [0.25, 0.3) is 0 Å². The van der Waals surface area contributed by atoms with Gasteiger partial charge in [0.15, 0.2) is 0 Å². The first-order valence-electron chi connectivity index (χ1n) is 5.59. The minimum atomic E-state index is -0.979. The molecule has 0 bridgehead atoms. The molecule has 1 aliphatic rings. The van der Waals surface area contributed by atoms with E-state index in [1.807, 2.05) is 0 Å². The number of nitrogens with zero attached hydrogens (tertiary/aromatic N) is 2. The molecule has 0 aromatic carbocycles. The maximum Gasteiger partial charge on any atom is 0.431 e. The maximum atomic E-state index is 11.8. The number of carbonyl (C=O) groups is 2. The lowest BCUT2D eigenvalue weighted by atomic mass is 10.2. The second-order valence-electron chi connectivity index (χ2n) is 3.70. The van der Waals surface area contributed by atoms with Gasteiger partial charge in [-0.05, 0) is 19.3 Å². The summed E-state index contributed by atoms with van der Waals surface area (Å²) >= 11 is 0. The standard InChI is InChI=1S/C12H12N2O5/c1-3-17-11(15)14(12(16)18-4-2)10-8-6-5-7-9(8)13-19-10/h3-4H,1-2,5-7H2. The number of hydrogen-bond acceptors (Lipinski definition) is 6. The molecule has 7 nitrogen and oxygen atoms in total. The molecule has 1 aliphatic carbocycles. The highest BCUT2D eigenvalue weighted by molar-refractivity contribution is 6.09. The summed E-state index contributed by atoms with van der Waals surface area (Å²) < 4.78 is 14.2. The molecule has 0 unspecified atom stereocenters. The molecule has 1 aromatic heterocycles. The summed E-state index contributed by atoms with van der Waals surface area (Å²) in [6.45, 7) is 6.51. The van der Waals surface area contributed by atoms with Gasteiger partial charge in [0.25, 0.3) is 0 Å². The highest BCUT2D eigenvalue weighted by Gasteiger charge is 2.35. The van der Waals surface area contributed by atoms with Crippen molar-refractivity contribution in [1.82, 2.24) is 5.16 Å². The van der Waals surface area contributed by atoms with Crippen LogP contribution in [0.1, 0.15) is 17.7 Å². The van der Waals surface area contributed by atoms with Crippen molar-refractivity contribution in [3.05, 3.63) is 36.9 Å². The monoisotopic (exact) mass is 264 g/mol. The molecule has 1 heterocycles. The predicted molar refractivity (Wildman–Crippen MR) is 64.4 cm³/mol. The third-order valence-electron chi connectivity index (χ3n) is 2.63. The number of amides is 2. The van der Waals surface area contributed by atoms with Crippen LogP contribution >= 0.6 is 0 Å². The number of rotatable bonds is 3. The second-order valence-corrected chi connectivity index (χ2v) is 3.70. The summed E-state index contributed by atoms with van der Waals surface area (Å²) in [5, 5.41) is 3.82. The summed E-state index contributed by atoms with van der Waals surface area (Å²) in [6.07, 6.45) is 2.18. The van der Waals surface area contributed by atoms with E-state index in [0.717, 1.165) is 31.1 Å². The van der Waals surface area contributed by atoms with E-state index < -0.39 is 12.2 Å². The van der Waals surface area contributed by atoms with E-state index in [4.69, 9.17) is 4.52 Å². The van der Waals surface area contributed by atoms with Crippen molar-refractivity contribution in [2.75, 3.05) is 4.90 Å². The van der Waals surface area contributed by atoms with Crippen LogP contribution in [-0.4, -0.2) is 17.3 Å². The topological polar surface area (TPSA) is 81.9 Å². The predicted octanol–water partition coefficient (Wildman–Crippen LogP) is 2.53. The van der Waals surface area contributed by atoms with Crippen LogP contribution in [0.4, 0.5) is 15.5 Å². The Labute approximate surface area is 109 Å². The Hall–Kier alpha value is -2.57. The lowest BCUT2D eigenvalue weighted by Crippen LogP contribution is -2.36. The first-order valence-corrected chi connectivity index (χ1v) is 5.59. The summed E-state index contributed by atoms with van der Waals surface area (Å²) in [7, 11) is 0. The van der Waals surface area contributed by atoms with Crippen LogP contribution in [0.3, 0.4) is 0 Å². The molecule has 19 heavy (non-hydrogen) atoms. The van der Waals surface area contributed by atoms with Crippen molar-refractivity contribution < 1.29 is 23.6 Å². The Morgan fingerprint density at radius 2 is 1.84 bits per heavy atom. The van der Waals surface area contributed by atoms with Gasteiger partial charge in [-0.25, -0.2) is 9.59 Å². The van der Waals surface area contributed by atoms with E-state index in [0.29, 0.717) is 16.9 Å². The Bertz CT molecular complexity index is 512. The molecule has 0 atom stereocenters. The Morgan fingerprint density at radius 3 is 2.42 bits per heavy atom. The fourth-order valence-corrected chi connectivity index (χ4v) is 1.88. The van der Waals surface area contributed by atoms with Gasteiger partial charge in [0.05, 0.1) is 18.2 Å². The zero-order valence-corrected chi connectivity index (χ0v) is 10.1. The quantitative estimate of drug-likeness (QED) is 0.780.